The van der Waals surface area contributed by atoms with E-state index in [1.807, 2.05) is 272 Å². The summed E-state index contributed by atoms with van der Waals surface area (Å²) < 4.78 is 29.9. The minimum atomic E-state index is -0.138. The first-order chi connectivity index (χ1) is 50.0. The largest absolute Gasteiger partial charge is 0.508 e. The first-order valence-electron chi connectivity index (χ1n) is 33.0. The molecule has 0 amide bonds. The van der Waals surface area contributed by atoms with E-state index in [1.54, 1.807) is 24.3 Å². The van der Waals surface area contributed by atoms with Crippen LogP contribution in [0.5, 0.6) is 80.5 Å². The highest BCUT2D eigenvalue weighted by molar-refractivity contribution is 6.17. The molecule has 0 aliphatic carbocycles. The van der Waals surface area contributed by atoms with E-state index in [0.29, 0.717) is 80.6 Å². The lowest BCUT2D eigenvalue weighted by Crippen LogP contribution is -2.03. The Hall–Kier alpha value is -13.1. The predicted octanol–water partition coefficient (Wildman–Crippen LogP) is 21.3. The van der Waals surface area contributed by atoms with Crippen LogP contribution in [0.2, 0.25) is 0 Å². The molecule has 17 heteroatoms. The van der Waals surface area contributed by atoms with E-state index in [1.165, 1.54) is 12.1 Å². The molecule has 0 radical (unpaired) electrons. The molecular weight excluding hydrogens is 1310 g/mol. The molecule has 14 aromatic rings. The molecule has 5 N–H and O–H groups in total. The van der Waals surface area contributed by atoms with E-state index in [-0.39, 0.29) is 35.4 Å². The molecule has 2 aromatic heterocycles. The minimum Gasteiger partial charge on any atom is -0.508 e. The number of benzene rings is 12. The van der Waals surface area contributed by atoms with E-state index in [0.717, 1.165) is 89.8 Å². The molecule has 0 aliphatic rings. The van der Waals surface area contributed by atoms with Gasteiger partial charge in [0.25, 0.3) is 0 Å². The number of nitrogens with zero attached hydrogens (tertiary/aromatic N) is 6. The third-order valence-electron chi connectivity index (χ3n) is 16.8. The standard InChI is InChI=1S/C43H35N3O5.C33H23N3O4.C10H13ClO/c1-27-24-28(2)40(48)29(3)38(27)26-49-36-22-23-37(39(47)25-36)43-45-41(30-14-18-34(19-15-30)50-32-10-6-4-7-11-32)44-42(46-43)31-16-20-35(21-17-31)51-33-12-8-5-9-13-33;37-24-15-20-29(30(38)21-24)33-35-31(22-11-16-27(17-12-22)39-25-7-3-1-4-8-25)34-32(36-33)23-13-18-28(19-14-23)40-26-9-5-2-6-10-26;1-6-4-7(2)10(12)8(3)9(6)5-11/h4-25,47-48H,26H2,1-3H3;1-21,37-38H;4,12H,5H2,1-3H3. The third kappa shape index (κ3) is 17.5. The highest BCUT2D eigenvalue weighted by Crippen LogP contribution is 2.38. The highest BCUT2D eigenvalue weighted by Gasteiger charge is 2.20. The van der Waals surface area contributed by atoms with Crippen LogP contribution in [0.4, 0.5) is 0 Å². The number of halogens is 1. The molecule has 0 saturated carbocycles. The molecule has 0 aliphatic heterocycles. The van der Waals surface area contributed by atoms with Crippen molar-refractivity contribution in [1.82, 2.24) is 29.9 Å². The van der Waals surface area contributed by atoms with Crippen LogP contribution in [0.25, 0.3) is 68.3 Å². The van der Waals surface area contributed by atoms with Crippen molar-refractivity contribution in [1.29, 1.82) is 0 Å². The van der Waals surface area contributed by atoms with Crippen LogP contribution in [0.3, 0.4) is 0 Å². The van der Waals surface area contributed by atoms with E-state index >= 15 is 0 Å². The molecule has 16 nitrogen and oxygen atoms in total. The number of hydrogen-bond donors (Lipinski definition) is 5. The van der Waals surface area contributed by atoms with Gasteiger partial charge in [-0.25, -0.2) is 29.9 Å². The number of rotatable bonds is 18. The molecular formula is C86H71ClN6O10. The summed E-state index contributed by atoms with van der Waals surface area (Å²) in [4.78, 5) is 28.5. The number of aromatic nitrogens is 6. The number of aryl methyl sites for hydroxylation is 4. The molecule has 0 bridgehead atoms. The van der Waals surface area contributed by atoms with Crippen molar-refractivity contribution in [2.75, 3.05) is 0 Å². The molecule has 12 aromatic carbocycles. The van der Waals surface area contributed by atoms with Crippen LogP contribution in [-0.2, 0) is 12.5 Å². The lowest BCUT2D eigenvalue weighted by atomic mass is 9.99. The fraction of sp³-hybridized carbons (Fsp3) is 0.0930. The molecule has 0 spiro atoms. The molecule has 103 heavy (non-hydrogen) atoms. The predicted molar refractivity (Wildman–Crippen MR) is 402 cm³/mol. The zero-order valence-electron chi connectivity index (χ0n) is 57.2. The molecule has 0 atom stereocenters. The fourth-order valence-corrected chi connectivity index (χ4v) is 11.6. The van der Waals surface area contributed by atoms with Crippen LogP contribution >= 0.6 is 11.6 Å². The smallest absolute Gasteiger partial charge is 0.167 e. The van der Waals surface area contributed by atoms with Crippen molar-refractivity contribution in [3.05, 3.63) is 311 Å². The average molecular weight is 1380 g/mol. The summed E-state index contributed by atoms with van der Waals surface area (Å²) in [7, 11) is 0. The summed E-state index contributed by atoms with van der Waals surface area (Å²) in [6.45, 7) is 11.8. The van der Waals surface area contributed by atoms with Crippen molar-refractivity contribution in [2.24, 2.45) is 0 Å². The highest BCUT2D eigenvalue weighted by atomic mass is 35.5. The second-order valence-electron chi connectivity index (χ2n) is 24.1. The summed E-state index contributed by atoms with van der Waals surface area (Å²) in [6.07, 6.45) is 0. The van der Waals surface area contributed by atoms with Gasteiger partial charge in [0.1, 0.15) is 87.1 Å². The summed E-state index contributed by atoms with van der Waals surface area (Å²) in [5, 5.41) is 51.6. The van der Waals surface area contributed by atoms with Gasteiger partial charge in [-0.2, -0.15) is 0 Å². The third-order valence-corrected chi connectivity index (χ3v) is 17.0. The molecule has 14 rings (SSSR count). The zero-order valence-corrected chi connectivity index (χ0v) is 57.9. The van der Waals surface area contributed by atoms with Crippen molar-refractivity contribution in [3.8, 4) is 149 Å². The number of phenolic OH excluding ortho intramolecular Hbond substituents is 5. The second kappa shape index (κ2) is 32.3. The van der Waals surface area contributed by atoms with Crippen LogP contribution < -0.4 is 23.7 Å². The lowest BCUT2D eigenvalue weighted by Gasteiger charge is -2.15. The van der Waals surface area contributed by atoms with Crippen LogP contribution in [0, 0.1) is 41.5 Å². The Morgan fingerprint density at radius 3 is 0.883 bits per heavy atom. The summed E-state index contributed by atoms with van der Waals surface area (Å²) in [5.41, 5.74) is 11.3. The average Bonchev–Trinajstić information content (AvgIpc) is 0.869. The normalized spacial score (nSPS) is 10.7. The molecule has 0 fully saturated rings. The van der Waals surface area contributed by atoms with Gasteiger partial charge in [0.15, 0.2) is 34.9 Å². The molecule has 0 saturated heterocycles. The topological polar surface area (TPSA) is 225 Å². The van der Waals surface area contributed by atoms with Gasteiger partial charge in [-0.05, 0) is 256 Å². The minimum absolute atomic E-state index is 0.0472. The SMILES string of the molecule is Cc1cc(C)c(CCl)c(C)c1O.Cc1cc(C)c(COc2ccc(-c3nc(-c4ccc(Oc5ccccc5)cc4)nc(-c4ccc(Oc5ccccc5)cc4)n3)c(O)c2)c(C)c1O.Oc1ccc(-c2nc(-c3ccc(Oc4ccccc4)cc3)nc(-c3ccc(Oc4ccccc4)cc3)n2)c(O)c1. The van der Waals surface area contributed by atoms with Crippen LogP contribution in [0.15, 0.2) is 267 Å². The molecule has 512 valence electrons. The fourth-order valence-electron chi connectivity index (χ4n) is 11.2. The van der Waals surface area contributed by atoms with Gasteiger partial charge >= 0.3 is 0 Å². The number of hydrogen-bond acceptors (Lipinski definition) is 16. The summed E-state index contributed by atoms with van der Waals surface area (Å²) >= 11 is 5.75. The van der Waals surface area contributed by atoms with Gasteiger partial charge in [-0.15, -0.1) is 11.6 Å². The van der Waals surface area contributed by atoms with E-state index in [9.17, 15) is 25.5 Å². The van der Waals surface area contributed by atoms with Gasteiger partial charge in [-0.3, -0.25) is 0 Å². The Kier molecular flexibility index (Phi) is 21.9. The van der Waals surface area contributed by atoms with E-state index in [2.05, 4.69) is 9.97 Å². The quantitative estimate of drug-likeness (QED) is 0.0504. The van der Waals surface area contributed by atoms with Crippen molar-refractivity contribution >= 4 is 11.6 Å². The monoisotopic (exact) mass is 1380 g/mol. The molecule has 2 heterocycles. The van der Waals surface area contributed by atoms with Gasteiger partial charge in [-0.1, -0.05) is 84.9 Å². The number of phenols is 5. The van der Waals surface area contributed by atoms with Crippen LogP contribution in [-0.4, -0.2) is 55.4 Å². The Balaban J connectivity index is 0.000000170. The Morgan fingerprint density at radius 1 is 0.282 bits per heavy atom. The lowest BCUT2D eigenvalue weighted by molar-refractivity contribution is 0.302. The second-order valence-corrected chi connectivity index (χ2v) is 24.4. The number of ether oxygens (including phenoxy) is 5. The zero-order chi connectivity index (χ0) is 71.9. The molecule has 0 unspecified atom stereocenters. The van der Waals surface area contributed by atoms with Crippen molar-refractivity contribution in [2.45, 2.75) is 54.0 Å². The summed E-state index contributed by atoms with van der Waals surface area (Å²) in [5.74, 6) is 9.22. The number of aromatic hydroxyl groups is 5. The maximum absolute atomic E-state index is 11.3. The van der Waals surface area contributed by atoms with Gasteiger partial charge in [0.05, 0.1) is 11.1 Å². The Bertz CT molecular complexity index is 5030. The van der Waals surface area contributed by atoms with E-state index < -0.39 is 0 Å². The first kappa shape index (κ1) is 69.8. The first-order valence-corrected chi connectivity index (χ1v) is 33.5. The number of alkyl halides is 1. The van der Waals surface area contributed by atoms with E-state index in [4.69, 9.17) is 55.2 Å². The van der Waals surface area contributed by atoms with Gasteiger partial charge < -0.3 is 49.2 Å². The van der Waals surface area contributed by atoms with Gasteiger partial charge in [0, 0.05) is 40.3 Å². The van der Waals surface area contributed by atoms with Gasteiger partial charge in [0.2, 0.25) is 0 Å². The maximum atomic E-state index is 11.3. The Labute approximate surface area is 601 Å². The maximum Gasteiger partial charge on any atom is 0.167 e. The Morgan fingerprint density at radius 2 is 0.563 bits per heavy atom. The number of para-hydroxylation sites is 4. The van der Waals surface area contributed by atoms with Crippen molar-refractivity contribution in [3.63, 3.8) is 0 Å². The summed E-state index contributed by atoms with van der Waals surface area (Å²) in [6, 6.07) is 81.3. The van der Waals surface area contributed by atoms with Crippen molar-refractivity contribution < 1.29 is 49.2 Å². The van der Waals surface area contributed by atoms with Crippen LogP contribution in [0.1, 0.15) is 44.5 Å².